The van der Waals surface area contributed by atoms with Gasteiger partial charge >= 0.3 is 7.60 Å². The lowest BCUT2D eigenvalue weighted by Crippen LogP contribution is -2.26. The molecule has 0 saturated carbocycles. The molecule has 0 atom stereocenters. The van der Waals surface area contributed by atoms with E-state index in [0.29, 0.717) is 0 Å². The van der Waals surface area contributed by atoms with E-state index in [0.717, 1.165) is 0 Å². The maximum Gasteiger partial charge on any atom is 0.356 e. The van der Waals surface area contributed by atoms with Crippen molar-refractivity contribution in [1.82, 2.24) is 0 Å². The van der Waals surface area contributed by atoms with E-state index in [-0.39, 0.29) is 12.8 Å². The van der Waals surface area contributed by atoms with Crippen LogP contribution in [0.3, 0.4) is 0 Å². The van der Waals surface area contributed by atoms with Crippen molar-refractivity contribution in [2.24, 2.45) is 0 Å². The molecule has 4 nitrogen and oxygen atoms in total. The first-order valence-electron chi connectivity index (χ1n) is 3.15. The number of aliphatic hydroxyl groups is 1. The fourth-order valence-corrected chi connectivity index (χ4v) is 1.49. The van der Waals surface area contributed by atoms with Gasteiger partial charge in [-0.05, 0) is 12.8 Å². The van der Waals surface area contributed by atoms with E-state index >= 15 is 0 Å². The fraction of sp³-hybridized carbons (Fsp3) is 1.00. The fourth-order valence-electron chi connectivity index (χ4n) is 0.662. The van der Waals surface area contributed by atoms with Gasteiger partial charge in [0.1, 0.15) is 0 Å². The molecule has 0 unspecified atom stereocenters. The Morgan fingerprint density at radius 2 is 1.60 bits per heavy atom. The third-order valence-electron chi connectivity index (χ3n) is 1.67. The van der Waals surface area contributed by atoms with Gasteiger partial charge in [0.25, 0.3) is 0 Å². The maximum absolute atomic E-state index is 10.6. The second-order valence-corrected chi connectivity index (χ2v) is 4.15. The topological polar surface area (TPSA) is 77.8 Å². The van der Waals surface area contributed by atoms with Crippen LogP contribution in [0.1, 0.15) is 26.7 Å². The molecule has 3 N–H and O–H groups in total. The van der Waals surface area contributed by atoms with Gasteiger partial charge in [0.05, 0.1) is 0 Å². The van der Waals surface area contributed by atoms with Crippen molar-refractivity contribution in [2.75, 3.05) is 0 Å². The van der Waals surface area contributed by atoms with Crippen LogP contribution < -0.4 is 0 Å². The third kappa shape index (κ3) is 1.80. The van der Waals surface area contributed by atoms with E-state index in [9.17, 15) is 9.67 Å². The predicted molar refractivity (Wildman–Crippen MR) is 37.6 cm³/mol. The molecule has 62 valence electrons. The van der Waals surface area contributed by atoms with Crippen molar-refractivity contribution in [2.45, 2.75) is 32.0 Å². The Morgan fingerprint density at radius 1 is 1.30 bits per heavy atom. The predicted octanol–water partition coefficient (Wildman–Crippen LogP) is 0.673. The van der Waals surface area contributed by atoms with Gasteiger partial charge in [0.15, 0.2) is 5.34 Å². The largest absolute Gasteiger partial charge is 0.377 e. The highest BCUT2D eigenvalue weighted by Gasteiger charge is 2.41. The molecule has 0 bridgehead atoms. The van der Waals surface area contributed by atoms with Crippen LogP contribution in [0.2, 0.25) is 0 Å². The molecule has 10 heavy (non-hydrogen) atoms. The van der Waals surface area contributed by atoms with E-state index in [2.05, 4.69) is 0 Å². The highest BCUT2D eigenvalue weighted by Crippen LogP contribution is 2.52. The Labute approximate surface area is 60.0 Å². The van der Waals surface area contributed by atoms with Gasteiger partial charge in [-0.2, -0.15) is 0 Å². The summed E-state index contributed by atoms with van der Waals surface area (Å²) in [6, 6.07) is 0. The van der Waals surface area contributed by atoms with E-state index in [1.165, 1.54) is 0 Å². The van der Waals surface area contributed by atoms with Crippen LogP contribution in [0.4, 0.5) is 0 Å². The molecule has 0 saturated heterocycles. The van der Waals surface area contributed by atoms with Gasteiger partial charge in [-0.15, -0.1) is 0 Å². The zero-order chi connectivity index (χ0) is 8.41. The summed E-state index contributed by atoms with van der Waals surface area (Å²) in [6.07, 6.45) is 0.154. The smallest absolute Gasteiger partial charge is 0.356 e. The minimum absolute atomic E-state index is 0.0772. The molecule has 0 aromatic carbocycles. The molecule has 0 radical (unpaired) electrons. The maximum atomic E-state index is 10.6. The molecule has 0 rings (SSSR count). The highest BCUT2D eigenvalue weighted by atomic mass is 31.2. The van der Waals surface area contributed by atoms with Crippen molar-refractivity contribution in [1.29, 1.82) is 0 Å². The van der Waals surface area contributed by atoms with Crippen LogP contribution in [-0.2, 0) is 4.57 Å². The molecule has 0 heterocycles. The average molecular weight is 168 g/mol. The Morgan fingerprint density at radius 3 is 1.60 bits per heavy atom. The van der Waals surface area contributed by atoms with E-state index in [4.69, 9.17) is 9.79 Å². The minimum Gasteiger partial charge on any atom is -0.377 e. The molecule has 0 aliphatic heterocycles. The third-order valence-corrected chi connectivity index (χ3v) is 3.39. The van der Waals surface area contributed by atoms with Gasteiger partial charge < -0.3 is 14.9 Å². The molecule has 0 aromatic rings. The van der Waals surface area contributed by atoms with Gasteiger partial charge in [0, 0.05) is 0 Å². The Bertz CT molecular complexity index is 146. The Balaban J connectivity index is 4.50. The van der Waals surface area contributed by atoms with Crippen LogP contribution in [0.5, 0.6) is 0 Å². The van der Waals surface area contributed by atoms with Gasteiger partial charge in [-0.1, -0.05) is 13.8 Å². The van der Waals surface area contributed by atoms with Crippen LogP contribution in [0.25, 0.3) is 0 Å². The summed E-state index contributed by atoms with van der Waals surface area (Å²) in [5.74, 6) is 0. The van der Waals surface area contributed by atoms with Crippen LogP contribution in [-0.4, -0.2) is 20.2 Å². The number of hydrogen-bond donors (Lipinski definition) is 3. The van der Waals surface area contributed by atoms with Crippen molar-refractivity contribution < 1.29 is 19.5 Å². The first kappa shape index (κ1) is 10.1. The summed E-state index contributed by atoms with van der Waals surface area (Å²) < 4.78 is 10.6. The van der Waals surface area contributed by atoms with Crippen molar-refractivity contribution in [3.05, 3.63) is 0 Å². The van der Waals surface area contributed by atoms with Crippen molar-refractivity contribution in [3.8, 4) is 0 Å². The van der Waals surface area contributed by atoms with E-state index in [1.54, 1.807) is 13.8 Å². The van der Waals surface area contributed by atoms with E-state index < -0.39 is 12.9 Å². The second-order valence-electron chi connectivity index (χ2n) is 2.23. The quantitative estimate of drug-likeness (QED) is 0.541. The first-order chi connectivity index (χ1) is 4.37. The standard InChI is InChI=1S/C5H13O4P/c1-3-5(6,4-2)10(7,8)9/h6H,3-4H2,1-2H3,(H2,7,8,9). The SMILES string of the molecule is CCC(O)(CC)P(=O)(O)O. The molecular weight excluding hydrogens is 155 g/mol. The van der Waals surface area contributed by atoms with Gasteiger partial charge in [-0.25, -0.2) is 0 Å². The molecule has 0 aliphatic rings. The summed E-state index contributed by atoms with van der Waals surface area (Å²) >= 11 is 0. The molecule has 0 aliphatic carbocycles. The Hall–Kier alpha value is 0.110. The lowest BCUT2D eigenvalue weighted by molar-refractivity contribution is 0.0834. The summed E-state index contributed by atoms with van der Waals surface area (Å²) in [5.41, 5.74) is 0. The summed E-state index contributed by atoms with van der Waals surface area (Å²) in [7, 11) is -4.33. The molecular formula is C5H13O4P. The first-order valence-corrected chi connectivity index (χ1v) is 4.76. The zero-order valence-electron chi connectivity index (χ0n) is 6.11. The van der Waals surface area contributed by atoms with Gasteiger partial charge in [-0.3, -0.25) is 4.57 Å². The van der Waals surface area contributed by atoms with Crippen molar-refractivity contribution in [3.63, 3.8) is 0 Å². The van der Waals surface area contributed by atoms with Gasteiger partial charge in [0.2, 0.25) is 0 Å². The van der Waals surface area contributed by atoms with Crippen LogP contribution >= 0.6 is 7.60 Å². The lowest BCUT2D eigenvalue weighted by Gasteiger charge is -2.25. The monoisotopic (exact) mass is 168 g/mol. The second kappa shape index (κ2) is 3.01. The molecule has 0 amide bonds. The number of rotatable bonds is 3. The lowest BCUT2D eigenvalue weighted by atomic mass is 10.2. The summed E-state index contributed by atoms with van der Waals surface area (Å²) in [4.78, 5) is 17.2. The molecule has 5 heteroatoms. The van der Waals surface area contributed by atoms with Crippen molar-refractivity contribution >= 4 is 7.60 Å². The highest BCUT2D eigenvalue weighted by molar-refractivity contribution is 7.53. The normalized spacial score (nSPS) is 13.7. The average Bonchev–Trinajstić information content (AvgIpc) is 1.84. The van der Waals surface area contributed by atoms with E-state index in [1.807, 2.05) is 0 Å². The van der Waals surface area contributed by atoms with Crippen LogP contribution in [0.15, 0.2) is 0 Å². The summed E-state index contributed by atoms with van der Waals surface area (Å²) in [5, 5.41) is 7.39. The molecule has 0 fully saturated rings. The Kier molecular flexibility index (Phi) is 3.04. The van der Waals surface area contributed by atoms with Crippen LogP contribution in [0, 0.1) is 0 Å². The minimum atomic E-state index is -4.33. The zero-order valence-corrected chi connectivity index (χ0v) is 7.01. The molecule has 0 aromatic heterocycles. The summed E-state index contributed by atoms with van der Waals surface area (Å²) in [6.45, 7) is 3.09. The molecule has 0 spiro atoms. The number of hydrogen-bond acceptors (Lipinski definition) is 2.